The van der Waals surface area contributed by atoms with E-state index in [0.29, 0.717) is 17.0 Å². The molecule has 206 valence electrons. The lowest BCUT2D eigenvalue weighted by molar-refractivity contribution is -0.275. The summed E-state index contributed by atoms with van der Waals surface area (Å²) in [5, 5.41) is 9.43. The number of carbonyl (C=O) groups is 1. The molecule has 1 unspecified atom stereocenters. The van der Waals surface area contributed by atoms with Crippen molar-refractivity contribution in [2.75, 3.05) is 5.32 Å². The first kappa shape index (κ1) is 27.6. The van der Waals surface area contributed by atoms with E-state index in [2.05, 4.69) is 20.6 Å². The van der Waals surface area contributed by atoms with Gasteiger partial charge >= 0.3 is 6.18 Å². The van der Waals surface area contributed by atoms with Crippen LogP contribution in [0.15, 0.2) is 65.8 Å². The van der Waals surface area contributed by atoms with E-state index in [9.17, 15) is 22.4 Å². The van der Waals surface area contributed by atoms with Crippen LogP contribution >= 0.6 is 23.2 Å². The van der Waals surface area contributed by atoms with Crippen LogP contribution in [-0.4, -0.2) is 32.6 Å². The van der Waals surface area contributed by atoms with Gasteiger partial charge in [0.2, 0.25) is 5.95 Å². The van der Waals surface area contributed by atoms with Crippen LogP contribution in [0.2, 0.25) is 10.0 Å². The molecule has 1 atom stereocenters. The Kier molecular flexibility index (Phi) is 7.05. The molecule has 0 saturated carbocycles. The number of oxime groups is 1. The minimum atomic E-state index is -4.94. The molecule has 13 heteroatoms. The molecule has 0 fully saturated rings. The molecule has 7 nitrogen and oxygen atoms in total. The van der Waals surface area contributed by atoms with Crippen LogP contribution in [0.1, 0.15) is 33.5 Å². The Labute approximate surface area is 235 Å². The molecule has 0 radical (unpaired) electrons. The van der Waals surface area contributed by atoms with Gasteiger partial charge in [0.15, 0.2) is 11.6 Å². The van der Waals surface area contributed by atoms with Gasteiger partial charge in [-0.3, -0.25) is 10.1 Å². The van der Waals surface area contributed by atoms with Crippen molar-refractivity contribution in [1.82, 2.24) is 14.8 Å². The van der Waals surface area contributed by atoms with Crippen molar-refractivity contribution in [2.24, 2.45) is 12.2 Å². The van der Waals surface area contributed by atoms with Gasteiger partial charge < -0.3 is 4.84 Å². The lowest BCUT2D eigenvalue weighted by Crippen LogP contribution is -2.42. The van der Waals surface area contributed by atoms with Crippen molar-refractivity contribution in [3.63, 3.8) is 0 Å². The minimum absolute atomic E-state index is 0.0251. The molecule has 0 spiro atoms. The zero-order valence-corrected chi connectivity index (χ0v) is 22.4. The maximum absolute atomic E-state index is 14.3. The van der Waals surface area contributed by atoms with Gasteiger partial charge in [-0.05, 0) is 42.3 Å². The maximum atomic E-state index is 14.3. The van der Waals surface area contributed by atoms with E-state index in [-0.39, 0.29) is 17.2 Å². The molecular formula is C27H19Cl2F4N5O2. The summed E-state index contributed by atoms with van der Waals surface area (Å²) in [5.41, 5.74) is -1.58. The highest BCUT2D eigenvalue weighted by Crippen LogP contribution is 2.50. The summed E-state index contributed by atoms with van der Waals surface area (Å²) in [5.74, 6) is -0.890. The van der Waals surface area contributed by atoms with Crippen LogP contribution in [0.5, 0.6) is 0 Å². The Morgan fingerprint density at radius 1 is 1.05 bits per heavy atom. The fourth-order valence-corrected chi connectivity index (χ4v) is 4.88. The van der Waals surface area contributed by atoms with Gasteiger partial charge in [0.1, 0.15) is 0 Å². The molecule has 0 bridgehead atoms. The molecule has 2 heterocycles. The third-order valence-corrected chi connectivity index (χ3v) is 7.01. The number of nitrogens with one attached hydrogen (secondary N) is 1. The minimum Gasteiger partial charge on any atom is -0.374 e. The highest BCUT2D eigenvalue weighted by atomic mass is 35.5. The van der Waals surface area contributed by atoms with Gasteiger partial charge in [-0.15, -0.1) is 5.10 Å². The first-order chi connectivity index (χ1) is 18.9. The molecule has 1 amide bonds. The van der Waals surface area contributed by atoms with Crippen molar-refractivity contribution in [1.29, 1.82) is 0 Å². The number of alkyl halides is 3. The second-order valence-corrected chi connectivity index (χ2v) is 9.93. The summed E-state index contributed by atoms with van der Waals surface area (Å²) in [6.45, 7) is 1.63. The lowest BCUT2D eigenvalue weighted by Gasteiger charge is -2.29. The molecule has 5 rings (SSSR count). The average molecular weight is 592 g/mol. The fraction of sp³-hybridized carbons (Fsp3) is 0.185. The number of nitrogens with zero attached hydrogens (tertiary/aromatic N) is 4. The van der Waals surface area contributed by atoms with Crippen LogP contribution in [-0.2, 0) is 17.5 Å². The second kappa shape index (κ2) is 10.2. The molecule has 1 N–H and O–H groups in total. The van der Waals surface area contributed by atoms with Gasteiger partial charge in [-0.1, -0.05) is 64.8 Å². The van der Waals surface area contributed by atoms with Crippen LogP contribution in [0.3, 0.4) is 0 Å². The summed E-state index contributed by atoms with van der Waals surface area (Å²) < 4.78 is 58.3. The number of rotatable bonds is 5. The van der Waals surface area contributed by atoms with Gasteiger partial charge in [0.25, 0.3) is 11.5 Å². The Hall–Kier alpha value is -3.96. The predicted octanol–water partition coefficient (Wildman–Crippen LogP) is 7.07. The van der Waals surface area contributed by atoms with Crippen molar-refractivity contribution < 1.29 is 27.2 Å². The lowest BCUT2D eigenvalue weighted by atomic mass is 9.86. The number of halogens is 6. The Morgan fingerprint density at radius 2 is 1.73 bits per heavy atom. The van der Waals surface area contributed by atoms with Gasteiger partial charge in [0, 0.05) is 30.2 Å². The third-order valence-electron chi connectivity index (χ3n) is 6.46. The van der Waals surface area contributed by atoms with E-state index >= 15 is 0 Å². The van der Waals surface area contributed by atoms with Crippen LogP contribution in [0.25, 0.3) is 11.4 Å². The van der Waals surface area contributed by atoms with E-state index in [4.69, 9.17) is 28.0 Å². The summed E-state index contributed by atoms with van der Waals surface area (Å²) in [7, 11) is 1.70. The fourth-order valence-electron chi connectivity index (χ4n) is 4.39. The van der Waals surface area contributed by atoms with E-state index in [1.165, 1.54) is 22.9 Å². The monoisotopic (exact) mass is 591 g/mol. The molecule has 1 aliphatic heterocycles. The smallest absolute Gasteiger partial charge is 0.374 e. The number of hydrogen-bond donors (Lipinski definition) is 1. The number of amides is 1. The highest BCUT2D eigenvalue weighted by Gasteiger charge is 2.62. The number of hydrogen-bond acceptors (Lipinski definition) is 5. The quantitative estimate of drug-likeness (QED) is 0.199. The maximum Gasteiger partial charge on any atom is 0.435 e. The Balaban J connectivity index is 1.37. The van der Waals surface area contributed by atoms with Gasteiger partial charge in [-0.2, -0.15) is 18.2 Å². The third kappa shape index (κ3) is 4.90. The summed E-state index contributed by atoms with van der Waals surface area (Å²) in [6, 6.07) is 15.4. The van der Waals surface area contributed by atoms with E-state index in [1.54, 1.807) is 14.0 Å². The van der Waals surface area contributed by atoms with E-state index < -0.39 is 45.5 Å². The molecule has 0 aliphatic carbocycles. The second-order valence-electron chi connectivity index (χ2n) is 9.12. The van der Waals surface area contributed by atoms with Crippen molar-refractivity contribution in [3.8, 4) is 11.4 Å². The zero-order chi connectivity index (χ0) is 28.8. The number of aryl methyl sites for hydroxylation is 2. The molecule has 40 heavy (non-hydrogen) atoms. The summed E-state index contributed by atoms with van der Waals surface area (Å²) in [4.78, 5) is 22.3. The number of anilines is 1. The number of benzene rings is 3. The largest absolute Gasteiger partial charge is 0.435 e. The zero-order valence-electron chi connectivity index (χ0n) is 20.9. The van der Waals surface area contributed by atoms with Gasteiger partial charge in [0.05, 0.1) is 15.8 Å². The van der Waals surface area contributed by atoms with Crippen LogP contribution < -0.4 is 5.32 Å². The molecule has 3 aromatic carbocycles. The molecule has 1 aromatic heterocycles. The van der Waals surface area contributed by atoms with Crippen LogP contribution in [0, 0.1) is 12.7 Å². The topological polar surface area (TPSA) is 81.4 Å². The number of carbonyl (C=O) groups excluding carboxylic acids is 1. The van der Waals surface area contributed by atoms with E-state index in [0.717, 1.165) is 17.7 Å². The summed E-state index contributed by atoms with van der Waals surface area (Å²) >= 11 is 11.5. The number of aromatic nitrogens is 3. The van der Waals surface area contributed by atoms with E-state index in [1.807, 2.05) is 30.3 Å². The first-order valence-corrected chi connectivity index (χ1v) is 12.5. The Morgan fingerprint density at radius 3 is 2.35 bits per heavy atom. The average Bonchev–Trinajstić information content (AvgIpc) is 3.52. The van der Waals surface area contributed by atoms with Crippen LogP contribution in [0.4, 0.5) is 23.5 Å². The summed E-state index contributed by atoms with van der Waals surface area (Å²) in [6.07, 6.45) is -5.66. The van der Waals surface area contributed by atoms with Gasteiger partial charge in [-0.25, -0.2) is 9.07 Å². The van der Waals surface area contributed by atoms with Crippen molar-refractivity contribution >= 4 is 40.8 Å². The molecule has 1 aliphatic rings. The molecular weight excluding hydrogens is 573 g/mol. The molecule has 4 aromatic rings. The standard InChI is InChI=1S/C27H19Cl2F4N5O2/c1-14-10-16(21-13-26(40-37-21,27(31,32)33)17-11-19(28)22(30)20(29)12-17)8-9-18(14)24(39)35-25-34-23(38(2)36-25)15-6-4-3-5-7-15/h3-12H,13H2,1-2H3,(H,35,36,39). The highest BCUT2D eigenvalue weighted by molar-refractivity contribution is 6.35. The van der Waals surface area contributed by atoms with Crippen molar-refractivity contribution in [2.45, 2.75) is 25.1 Å². The molecule has 0 saturated heterocycles. The Bertz CT molecular complexity index is 1630. The predicted molar refractivity (Wildman–Crippen MR) is 142 cm³/mol. The SMILES string of the molecule is Cc1cc(C2=NOC(c3cc(Cl)c(F)c(Cl)c3)(C(F)(F)F)C2)ccc1C(=O)Nc1nc(-c2ccccc2)n(C)n1. The van der Waals surface area contributed by atoms with Crippen molar-refractivity contribution in [3.05, 3.63) is 98.8 Å². The first-order valence-electron chi connectivity index (χ1n) is 11.8. The normalized spacial score (nSPS) is 16.9.